The molecular formula is C27H35NO2. The Hall–Kier alpha value is -2.13. The number of ether oxygens (including phenoxy) is 1. The predicted octanol–water partition coefficient (Wildman–Crippen LogP) is 5.14. The summed E-state index contributed by atoms with van der Waals surface area (Å²) in [6.07, 6.45) is 4.61. The van der Waals surface area contributed by atoms with Gasteiger partial charge >= 0.3 is 5.97 Å². The molecule has 30 heavy (non-hydrogen) atoms. The van der Waals surface area contributed by atoms with E-state index in [0.29, 0.717) is 11.8 Å². The third kappa shape index (κ3) is 4.18. The molecule has 0 radical (unpaired) electrons. The molecule has 0 N–H and O–H groups in total. The van der Waals surface area contributed by atoms with E-state index in [2.05, 4.69) is 54.3 Å². The van der Waals surface area contributed by atoms with Crippen LogP contribution in [0.5, 0.6) is 0 Å². The van der Waals surface area contributed by atoms with Gasteiger partial charge in [-0.2, -0.15) is 0 Å². The summed E-state index contributed by atoms with van der Waals surface area (Å²) in [4.78, 5) is 14.6. The summed E-state index contributed by atoms with van der Waals surface area (Å²) in [7, 11) is 1.49. The molecule has 1 fully saturated rings. The van der Waals surface area contributed by atoms with Crippen LogP contribution < -0.4 is 0 Å². The van der Waals surface area contributed by atoms with Gasteiger partial charge in [0.05, 0.1) is 12.5 Å². The zero-order chi connectivity index (χ0) is 21.3. The molecule has 1 unspecified atom stereocenters. The van der Waals surface area contributed by atoms with Crippen molar-refractivity contribution in [3.8, 4) is 0 Å². The van der Waals surface area contributed by atoms with Crippen molar-refractivity contribution in [1.29, 1.82) is 0 Å². The molecule has 2 aliphatic rings. The van der Waals surface area contributed by atoms with Crippen LogP contribution in [0.1, 0.15) is 60.4 Å². The van der Waals surface area contributed by atoms with Gasteiger partial charge in [0.15, 0.2) is 0 Å². The van der Waals surface area contributed by atoms with Crippen molar-refractivity contribution in [2.24, 2.45) is 11.3 Å². The summed E-state index contributed by atoms with van der Waals surface area (Å²) in [6.45, 7) is 9.05. The van der Waals surface area contributed by atoms with E-state index in [0.717, 1.165) is 32.5 Å². The summed E-state index contributed by atoms with van der Waals surface area (Å²) >= 11 is 0. The highest BCUT2D eigenvalue weighted by Crippen LogP contribution is 2.43. The molecule has 0 bridgehead atoms. The first kappa shape index (κ1) is 21.1. The lowest BCUT2D eigenvalue weighted by Gasteiger charge is -2.39. The Bertz CT molecular complexity index is 909. The average Bonchev–Trinajstić information content (AvgIpc) is 2.90. The molecule has 0 aromatic heterocycles. The van der Waals surface area contributed by atoms with E-state index in [1.54, 1.807) is 5.56 Å². The van der Waals surface area contributed by atoms with Gasteiger partial charge in [-0.05, 0) is 87.7 Å². The van der Waals surface area contributed by atoms with Gasteiger partial charge in [0.1, 0.15) is 0 Å². The van der Waals surface area contributed by atoms with Crippen molar-refractivity contribution >= 4 is 5.97 Å². The topological polar surface area (TPSA) is 29.5 Å². The number of methoxy groups -OCH3 is 1. The second kappa shape index (κ2) is 8.55. The first-order valence-electron chi connectivity index (χ1n) is 11.4. The molecule has 1 aliphatic carbocycles. The molecule has 0 amide bonds. The van der Waals surface area contributed by atoms with E-state index >= 15 is 0 Å². The maximum atomic E-state index is 12.1. The molecule has 1 atom stereocenters. The van der Waals surface area contributed by atoms with Gasteiger partial charge in [-0.3, -0.25) is 4.79 Å². The van der Waals surface area contributed by atoms with Crippen molar-refractivity contribution < 1.29 is 9.53 Å². The van der Waals surface area contributed by atoms with E-state index in [-0.39, 0.29) is 5.97 Å². The Kier molecular flexibility index (Phi) is 6.02. The highest BCUT2D eigenvalue weighted by atomic mass is 16.5. The second-order valence-electron chi connectivity index (χ2n) is 9.87. The van der Waals surface area contributed by atoms with Crippen LogP contribution in [-0.2, 0) is 22.4 Å². The lowest BCUT2D eigenvalue weighted by molar-refractivity contribution is -0.152. The maximum absolute atomic E-state index is 12.1. The number of esters is 1. The van der Waals surface area contributed by atoms with Crippen LogP contribution in [0.15, 0.2) is 42.5 Å². The fourth-order valence-corrected chi connectivity index (χ4v) is 5.61. The maximum Gasteiger partial charge on any atom is 0.312 e. The minimum Gasteiger partial charge on any atom is -0.469 e. The number of hydrogen-bond donors (Lipinski definition) is 0. The van der Waals surface area contributed by atoms with Crippen molar-refractivity contribution in [2.45, 2.75) is 52.4 Å². The number of rotatable bonds is 4. The molecule has 0 spiro atoms. The Balaban J connectivity index is 1.57. The number of aryl methyl sites for hydroxylation is 3. The molecule has 160 valence electrons. The van der Waals surface area contributed by atoms with Crippen molar-refractivity contribution in [3.05, 3.63) is 70.3 Å². The van der Waals surface area contributed by atoms with Crippen LogP contribution in [0.2, 0.25) is 0 Å². The summed E-state index contributed by atoms with van der Waals surface area (Å²) in [5.74, 6) is 1.00. The molecular weight excluding hydrogens is 370 g/mol. The van der Waals surface area contributed by atoms with Gasteiger partial charge in [0, 0.05) is 12.5 Å². The minimum atomic E-state index is -0.458. The van der Waals surface area contributed by atoms with Crippen LogP contribution in [0, 0.1) is 18.3 Å². The van der Waals surface area contributed by atoms with E-state index in [4.69, 9.17) is 4.74 Å². The SMILES string of the molecule is COC(=O)C(C)(C)CN1CCC(C2c3ccccc3CCc3cc(C)ccc32)CC1. The zero-order valence-electron chi connectivity index (χ0n) is 18.9. The number of hydrogen-bond acceptors (Lipinski definition) is 3. The summed E-state index contributed by atoms with van der Waals surface area (Å²) in [5.41, 5.74) is 7.03. The van der Waals surface area contributed by atoms with Crippen LogP contribution in [0.4, 0.5) is 0 Å². The van der Waals surface area contributed by atoms with E-state index in [1.807, 2.05) is 13.8 Å². The smallest absolute Gasteiger partial charge is 0.312 e. The number of benzene rings is 2. The van der Waals surface area contributed by atoms with Crippen LogP contribution in [-0.4, -0.2) is 37.6 Å². The van der Waals surface area contributed by atoms with Gasteiger partial charge in [0.25, 0.3) is 0 Å². The summed E-state index contributed by atoms with van der Waals surface area (Å²) in [6, 6.07) is 16.2. The molecule has 3 heteroatoms. The van der Waals surface area contributed by atoms with Crippen molar-refractivity contribution in [1.82, 2.24) is 4.90 Å². The van der Waals surface area contributed by atoms with Gasteiger partial charge in [0.2, 0.25) is 0 Å². The van der Waals surface area contributed by atoms with Crippen molar-refractivity contribution in [3.63, 3.8) is 0 Å². The largest absolute Gasteiger partial charge is 0.469 e. The molecule has 2 aromatic carbocycles. The van der Waals surface area contributed by atoms with E-state index in [9.17, 15) is 4.79 Å². The normalized spacial score (nSPS) is 20.2. The summed E-state index contributed by atoms with van der Waals surface area (Å²) in [5, 5.41) is 0. The fourth-order valence-electron chi connectivity index (χ4n) is 5.61. The van der Waals surface area contributed by atoms with E-state index < -0.39 is 5.41 Å². The van der Waals surface area contributed by atoms with E-state index in [1.165, 1.54) is 42.2 Å². The monoisotopic (exact) mass is 405 g/mol. The Morgan fingerprint density at radius 1 is 1.03 bits per heavy atom. The molecule has 0 saturated carbocycles. The molecule has 1 aliphatic heterocycles. The minimum absolute atomic E-state index is 0.119. The Morgan fingerprint density at radius 2 is 1.70 bits per heavy atom. The molecule has 2 aromatic rings. The molecule has 1 saturated heterocycles. The highest BCUT2D eigenvalue weighted by Gasteiger charge is 2.36. The molecule has 1 heterocycles. The zero-order valence-corrected chi connectivity index (χ0v) is 18.9. The molecule has 4 rings (SSSR count). The lowest BCUT2D eigenvalue weighted by atomic mass is 9.74. The first-order chi connectivity index (χ1) is 14.4. The number of likely N-dealkylation sites (tertiary alicyclic amines) is 1. The second-order valence-corrected chi connectivity index (χ2v) is 9.87. The standard InChI is InChI=1S/C27H35NO2/c1-19-9-12-24-22(17-19)11-10-20-7-5-6-8-23(20)25(24)21-13-15-28(16-14-21)18-27(2,3)26(29)30-4/h5-9,12,17,21,25H,10-11,13-16,18H2,1-4H3. The van der Waals surface area contributed by atoms with Gasteiger partial charge in [-0.25, -0.2) is 0 Å². The summed E-state index contributed by atoms with van der Waals surface area (Å²) < 4.78 is 5.01. The Morgan fingerprint density at radius 3 is 2.43 bits per heavy atom. The van der Waals surface area contributed by atoms with Gasteiger partial charge in [-0.1, -0.05) is 48.0 Å². The number of carbonyl (C=O) groups excluding carboxylic acids is 1. The quantitative estimate of drug-likeness (QED) is 0.660. The third-order valence-electron chi connectivity index (χ3n) is 7.15. The van der Waals surface area contributed by atoms with Crippen LogP contribution in [0.25, 0.3) is 0 Å². The number of fused-ring (bicyclic) bond motifs is 2. The van der Waals surface area contributed by atoms with Crippen LogP contribution in [0.3, 0.4) is 0 Å². The van der Waals surface area contributed by atoms with Gasteiger partial charge < -0.3 is 9.64 Å². The number of nitrogens with zero attached hydrogens (tertiary/aromatic N) is 1. The highest BCUT2D eigenvalue weighted by molar-refractivity contribution is 5.76. The first-order valence-corrected chi connectivity index (χ1v) is 11.4. The molecule has 3 nitrogen and oxygen atoms in total. The fraction of sp³-hybridized carbons (Fsp3) is 0.519. The Labute approximate surface area is 181 Å². The van der Waals surface area contributed by atoms with Crippen molar-refractivity contribution in [2.75, 3.05) is 26.7 Å². The van der Waals surface area contributed by atoms with Crippen LogP contribution >= 0.6 is 0 Å². The number of carbonyl (C=O) groups is 1. The lowest BCUT2D eigenvalue weighted by Crippen LogP contribution is -2.44. The average molecular weight is 406 g/mol. The third-order valence-corrected chi connectivity index (χ3v) is 7.15. The van der Waals surface area contributed by atoms with Gasteiger partial charge in [-0.15, -0.1) is 0 Å². The predicted molar refractivity (Wildman–Crippen MR) is 122 cm³/mol. The number of piperidine rings is 1.